The quantitative estimate of drug-likeness (QED) is 0.817. The van der Waals surface area contributed by atoms with E-state index in [1.807, 2.05) is 12.1 Å². The van der Waals surface area contributed by atoms with Gasteiger partial charge in [0.2, 0.25) is 0 Å². The second-order valence-electron chi connectivity index (χ2n) is 4.83. The number of ether oxygens (including phenoxy) is 1. The SMILES string of the molecule is CCC1CCCN(c2cc(N)cc(OC)c2)C1. The number of hydrogen-bond donors (Lipinski definition) is 1. The van der Waals surface area contributed by atoms with Gasteiger partial charge in [-0.05, 0) is 24.8 Å². The summed E-state index contributed by atoms with van der Waals surface area (Å²) in [4.78, 5) is 2.43. The Hall–Kier alpha value is -1.38. The molecule has 1 aliphatic rings. The molecule has 0 aromatic heterocycles. The molecule has 0 spiro atoms. The lowest BCUT2D eigenvalue weighted by atomic mass is 9.95. The summed E-state index contributed by atoms with van der Waals surface area (Å²) >= 11 is 0. The number of piperidine rings is 1. The molecule has 1 aromatic carbocycles. The average Bonchev–Trinajstić information content (AvgIpc) is 2.38. The van der Waals surface area contributed by atoms with Gasteiger partial charge in [-0.25, -0.2) is 0 Å². The molecule has 94 valence electrons. The minimum absolute atomic E-state index is 0.776. The van der Waals surface area contributed by atoms with Crippen molar-refractivity contribution in [2.75, 3.05) is 30.8 Å². The van der Waals surface area contributed by atoms with Gasteiger partial charge in [0.25, 0.3) is 0 Å². The van der Waals surface area contributed by atoms with E-state index in [1.165, 1.54) is 24.9 Å². The van der Waals surface area contributed by atoms with E-state index in [0.717, 1.165) is 30.4 Å². The fraction of sp³-hybridized carbons (Fsp3) is 0.571. The third-order valence-electron chi connectivity index (χ3n) is 3.61. The highest BCUT2D eigenvalue weighted by Crippen LogP contribution is 2.29. The summed E-state index contributed by atoms with van der Waals surface area (Å²) in [5, 5.41) is 0. The topological polar surface area (TPSA) is 38.5 Å². The van der Waals surface area contributed by atoms with Crippen molar-refractivity contribution < 1.29 is 4.74 Å². The molecule has 1 heterocycles. The first-order chi connectivity index (χ1) is 8.22. The minimum Gasteiger partial charge on any atom is -0.497 e. The molecule has 1 atom stereocenters. The largest absolute Gasteiger partial charge is 0.497 e. The Balaban J connectivity index is 2.18. The predicted octanol–water partition coefficient (Wildman–Crippen LogP) is 2.90. The summed E-state index contributed by atoms with van der Waals surface area (Å²) in [5.74, 6) is 1.66. The molecule has 3 heteroatoms. The van der Waals surface area contributed by atoms with Crippen molar-refractivity contribution >= 4 is 11.4 Å². The molecule has 2 N–H and O–H groups in total. The predicted molar refractivity (Wildman–Crippen MR) is 72.6 cm³/mol. The highest BCUT2D eigenvalue weighted by molar-refractivity contribution is 5.60. The average molecular weight is 234 g/mol. The van der Waals surface area contributed by atoms with Crippen LogP contribution in [0.4, 0.5) is 11.4 Å². The Bertz CT molecular complexity index is 378. The molecule has 0 radical (unpaired) electrons. The van der Waals surface area contributed by atoms with E-state index >= 15 is 0 Å². The monoisotopic (exact) mass is 234 g/mol. The van der Waals surface area contributed by atoms with Crippen LogP contribution in [0.5, 0.6) is 5.75 Å². The Morgan fingerprint density at radius 3 is 2.94 bits per heavy atom. The fourth-order valence-electron chi connectivity index (χ4n) is 2.54. The van der Waals surface area contributed by atoms with Gasteiger partial charge >= 0.3 is 0 Å². The van der Waals surface area contributed by atoms with Crippen LogP contribution in [0.25, 0.3) is 0 Å². The molecule has 0 bridgehead atoms. The number of methoxy groups -OCH3 is 1. The third kappa shape index (κ3) is 2.84. The first-order valence-corrected chi connectivity index (χ1v) is 6.42. The summed E-state index contributed by atoms with van der Waals surface area (Å²) < 4.78 is 5.27. The van der Waals surface area contributed by atoms with E-state index in [-0.39, 0.29) is 0 Å². The van der Waals surface area contributed by atoms with Crippen LogP contribution in [0.2, 0.25) is 0 Å². The maximum atomic E-state index is 5.90. The number of anilines is 2. The van der Waals surface area contributed by atoms with E-state index in [0.29, 0.717) is 0 Å². The van der Waals surface area contributed by atoms with Crippen LogP contribution in [-0.4, -0.2) is 20.2 Å². The maximum Gasteiger partial charge on any atom is 0.122 e. The zero-order valence-corrected chi connectivity index (χ0v) is 10.8. The molecule has 1 unspecified atom stereocenters. The first kappa shape index (κ1) is 12.1. The molecule has 1 aliphatic heterocycles. The van der Waals surface area contributed by atoms with Gasteiger partial charge in [-0.2, -0.15) is 0 Å². The third-order valence-corrected chi connectivity index (χ3v) is 3.61. The van der Waals surface area contributed by atoms with Crippen molar-refractivity contribution in [1.29, 1.82) is 0 Å². The standard InChI is InChI=1S/C14H22N2O/c1-3-11-5-4-6-16(10-11)13-7-12(15)8-14(9-13)17-2/h7-9,11H,3-6,10,15H2,1-2H3. The zero-order valence-electron chi connectivity index (χ0n) is 10.8. The number of rotatable bonds is 3. The van der Waals surface area contributed by atoms with E-state index < -0.39 is 0 Å². The normalized spacial score (nSPS) is 20.4. The summed E-state index contributed by atoms with van der Waals surface area (Å²) in [6.45, 7) is 4.54. The number of hydrogen-bond acceptors (Lipinski definition) is 3. The Morgan fingerprint density at radius 1 is 1.41 bits per heavy atom. The summed E-state index contributed by atoms with van der Waals surface area (Å²) in [6.07, 6.45) is 3.89. The van der Waals surface area contributed by atoms with Crippen LogP contribution in [0, 0.1) is 5.92 Å². The van der Waals surface area contributed by atoms with Crippen molar-refractivity contribution in [3.8, 4) is 5.75 Å². The Morgan fingerprint density at radius 2 is 2.24 bits per heavy atom. The van der Waals surface area contributed by atoms with Gasteiger partial charge in [0.05, 0.1) is 7.11 Å². The van der Waals surface area contributed by atoms with Crippen LogP contribution in [0.15, 0.2) is 18.2 Å². The lowest BCUT2D eigenvalue weighted by molar-refractivity contribution is 0.401. The Kier molecular flexibility index (Phi) is 3.77. The van der Waals surface area contributed by atoms with Gasteiger partial charge in [-0.15, -0.1) is 0 Å². The molecule has 1 aromatic rings. The number of benzene rings is 1. The highest BCUT2D eigenvalue weighted by atomic mass is 16.5. The van der Waals surface area contributed by atoms with Crippen LogP contribution >= 0.6 is 0 Å². The van der Waals surface area contributed by atoms with Gasteiger partial charge in [-0.3, -0.25) is 0 Å². The van der Waals surface area contributed by atoms with Crippen molar-refractivity contribution in [2.24, 2.45) is 5.92 Å². The number of nitrogen functional groups attached to an aromatic ring is 1. The van der Waals surface area contributed by atoms with Crippen molar-refractivity contribution in [1.82, 2.24) is 0 Å². The minimum atomic E-state index is 0.776. The second-order valence-corrected chi connectivity index (χ2v) is 4.83. The molecular weight excluding hydrogens is 212 g/mol. The van der Waals surface area contributed by atoms with Gasteiger partial charge in [0.1, 0.15) is 5.75 Å². The lowest BCUT2D eigenvalue weighted by Crippen LogP contribution is -2.35. The summed E-state index contributed by atoms with van der Waals surface area (Å²) in [7, 11) is 1.68. The molecule has 2 rings (SSSR count). The lowest BCUT2D eigenvalue weighted by Gasteiger charge is -2.34. The molecular formula is C14H22N2O. The van der Waals surface area contributed by atoms with Crippen LogP contribution in [0.1, 0.15) is 26.2 Å². The van der Waals surface area contributed by atoms with Crippen LogP contribution in [0.3, 0.4) is 0 Å². The number of nitrogens with zero attached hydrogens (tertiary/aromatic N) is 1. The summed E-state index contributed by atoms with van der Waals surface area (Å²) in [5.41, 5.74) is 7.87. The molecule has 3 nitrogen and oxygen atoms in total. The van der Waals surface area contributed by atoms with Gasteiger partial charge in [0, 0.05) is 36.6 Å². The molecule has 1 saturated heterocycles. The first-order valence-electron chi connectivity index (χ1n) is 6.42. The van der Waals surface area contributed by atoms with Crippen LogP contribution in [-0.2, 0) is 0 Å². The molecule has 0 aliphatic carbocycles. The van der Waals surface area contributed by atoms with Gasteiger partial charge < -0.3 is 15.4 Å². The van der Waals surface area contributed by atoms with Gasteiger partial charge in [0.15, 0.2) is 0 Å². The van der Waals surface area contributed by atoms with Crippen molar-refractivity contribution in [3.05, 3.63) is 18.2 Å². The van der Waals surface area contributed by atoms with Crippen molar-refractivity contribution in [2.45, 2.75) is 26.2 Å². The molecule has 0 amide bonds. The number of nitrogens with two attached hydrogens (primary N) is 1. The fourth-order valence-corrected chi connectivity index (χ4v) is 2.54. The zero-order chi connectivity index (χ0) is 12.3. The van der Waals surface area contributed by atoms with E-state index in [1.54, 1.807) is 7.11 Å². The maximum absolute atomic E-state index is 5.90. The van der Waals surface area contributed by atoms with E-state index in [2.05, 4.69) is 17.9 Å². The van der Waals surface area contributed by atoms with Gasteiger partial charge in [-0.1, -0.05) is 13.3 Å². The highest BCUT2D eigenvalue weighted by Gasteiger charge is 2.19. The molecule has 0 saturated carbocycles. The van der Waals surface area contributed by atoms with E-state index in [4.69, 9.17) is 10.5 Å². The summed E-state index contributed by atoms with van der Waals surface area (Å²) in [6, 6.07) is 5.99. The van der Waals surface area contributed by atoms with Crippen LogP contribution < -0.4 is 15.4 Å². The molecule has 1 fully saturated rings. The smallest absolute Gasteiger partial charge is 0.122 e. The molecule has 17 heavy (non-hydrogen) atoms. The second kappa shape index (κ2) is 5.30. The van der Waals surface area contributed by atoms with E-state index in [9.17, 15) is 0 Å². The van der Waals surface area contributed by atoms with Crippen molar-refractivity contribution in [3.63, 3.8) is 0 Å². The Labute approximate surface area is 104 Å².